The zero-order valence-corrected chi connectivity index (χ0v) is 10.6. The molecular weight excluding hydrogens is 258 g/mol. The second-order valence-electron chi connectivity index (χ2n) is 4.16. The number of rotatable bonds is 4. The molecule has 1 aliphatic heterocycles. The number of nitrogens with one attached hydrogen (secondary N) is 1. The average Bonchev–Trinajstić information content (AvgIpc) is 2.47. The maximum absolute atomic E-state index is 11.9. The number of hydrogen-bond donors (Lipinski definition) is 2. The highest BCUT2D eigenvalue weighted by Crippen LogP contribution is 2.11. The van der Waals surface area contributed by atoms with Crippen molar-refractivity contribution in [2.24, 2.45) is 10.9 Å². The minimum absolute atomic E-state index is 0.167. The zero-order valence-electron chi connectivity index (χ0n) is 10.6. The third-order valence-corrected chi connectivity index (χ3v) is 2.64. The molecule has 0 bridgehead atoms. The fraction of sp³-hybridized carbons (Fsp3) is 0.143. The summed E-state index contributed by atoms with van der Waals surface area (Å²) in [5.74, 6) is -1.05. The van der Waals surface area contributed by atoms with Gasteiger partial charge in [0.25, 0.3) is 0 Å². The van der Waals surface area contributed by atoms with Crippen molar-refractivity contribution in [2.45, 2.75) is 6.42 Å². The Morgan fingerprint density at radius 2 is 2.25 bits per heavy atom. The van der Waals surface area contributed by atoms with E-state index in [1.54, 1.807) is 24.5 Å². The van der Waals surface area contributed by atoms with Crippen LogP contribution in [0.15, 0.2) is 41.7 Å². The molecule has 0 aliphatic carbocycles. The van der Waals surface area contributed by atoms with E-state index in [-0.39, 0.29) is 11.8 Å². The topological polar surface area (TPSA) is 91.7 Å². The van der Waals surface area contributed by atoms with Gasteiger partial charge in [-0.1, -0.05) is 6.08 Å². The maximum Gasteiger partial charge on any atom is 0.328 e. The van der Waals surface area contributed by atoms with Crippen molar-refractivity contribution >= 4 is 30.0 Å². The highest BCUT2D eigenvalue weighted by atomic mass is 16.4. The molecule has 0 saturated heterocycles. The van der Waals surface area contributed by atoms with Crippen LogP contribution in [0.4, 0.5) is 5.82 Å². The Kier molecular flexibility index (Phi) is 4.39. The average molecular weight is 271 g/mol. The van der Waals surface area contributed by atoms with E-state index >= 15 is 0 Å². The number of aliphatic imine (C=N–C) groups is 1. The lowest BCUT2D eigenvalue weighted by atomic mass is 10.1. The molecule has 1 atom stereocenters. The summed E-state index contributed by atoms with van der Waals surface area (Å²) in [6.45, 7) is 0. The van der Waals surface area contributed by atoms with Crippen LogP contribution in [-0.4, -0.2) is 28.2 Å². The first-order valence-corrected chi connectivity index (χ1v) is 6.01. The standard InChI is InChI=1S/C14H13N3O3/c18-13(19)6-4-10-3-5-12(16-8-10)17-14(20)11-2-1-7-15-9-11/h1,3-9,11H,2H2,(H,18,19)(H,16,17,20)/b6-4+. The molecule has 0 aromatic carbocycles. The van der Waals surface area contributed by atoms with Gasteiger partial charge in [0.2, 0.25) is 5.91 Å². The number of carboxylic acids is 1. The maximum atomic E-state index is 11.9. The van der Waals surface area contributed by atoms with Crippen molar-refractivity contribution in [3.63, 3.8) is 0 Å². The van der Waals surface area contributed by atoms with E-state index in [9.17, 15) is 9.59 Å². The van der Waals surface area contributed by atoms with Crippen molar-refractivity contribution in [3.8, 4) is 0 Å². The molecule has 0 saturated carbocycles. The van der Waals surface area contributed by atoms with E-state index in [0.717, 1.165) is 6.08 Å². The number of carbonyl (C=O) groups is 2. The van der Waals surface area contributed by atoms with Gasteiger partial charge in [-0.25, -0.2) is 9.78 Å². The van der Waals surface area contributed by atoms with Gasteiger partial charge in [-0.2, -0.15) is 0 Å². The molecular formula is C14H13N3O3. The molecule has 0 fully saturated rings. The summed E-state index contributed by atoms with van der Waals surface area (Å²) in [5.41, 5.74) is 0.646. The number of hydrogen-bond acceptors (Lipinski definition) is 4. The van der Waals surface area contributed by atoms with Crippen LogP contribution in [0.1, 0.15) is 12.0 Å². The van der Waals surface area contributed by atoms with Crippen LogP contribution in [0.3, 0.4) is 0 Å². The van der Waals surface area contributed by atoms with Crippen molar-refractivity contribution in [1.29, 1.82) is 0 Å². The molecule has 0 spiro atoms. The molecule has 1 aromatic heterocycles. The summed E-state index contributed by atoms with van der Waals surface area (Å²) in [7, 11) is 0. The van der Waals surface area contributed by atoms with Gasteiger partial charge in [-0.15, -0.1) is 0 Å². The molecule has 2 heterocycles. The smallest absolute Gasteiger partial charge is 0.328 e. The van der Waals surface area contributed by atoms with Crippen LogP contribution in [0.25, 0.3) is 6.08 Å². The van der Waals surface area contributed by atoms with Crippen molar-refractivity contribution in [2.75, 3.05) is 5.32 Å². The lowest BCUT2D eigenvalue weighted by Crippen LogP contribution is -2.24. The molecule has 6 heteroatoms. The van der Waals surface area contributed by atoms with Crippen LogP contribution >= 0.6 is 0 Å². The Hall–Kier alpha value is -2.76. The molecule has 1 amide bonds. The molecule has 2 N–H and O–H groups in total. The van der Waals surface area contributed by atoms with E-state index in [2.05, 4.69) is 15.3 Å². The number of aliphatic carboxylic acids is 1. The van der Waals surface area contributed by atoms with Crippen LogP contribution in [0.2, 0.25) is 0 Å². The van der Waals surface area contributed by atoms with Gasteiger partial charge in [0.05, 0.1) is 5.92 Å². The molecule has 1 aliphatic rings. The van der Waals surface area contributed by atoms with E-state index in [4.69, 9.17) is 5.11 Å². The summed E-state index contributed by atoms with van der Waals surface area (Å²) in [6, 6.07) is 3.30. The molecule has 1 aromatic rings. The second kappa shape index (κ2) is 6.42. The highest BCUT2D eigenvalue weighted by molar-refractivity contribution is 6.01. The minimum Gasteiger partial charge on any atom is -0.478 e. The molecule has 20 heavy (non-hydrogen) atoms. The Balaban J connectivity index is 1.96. The second-order valence-corrected chi connectivity index (χ2v) is 4.16. The summed E-state index contributed by atoms with van der Waals surface area (Å²) >= 11 is 0. The van der Waals surface area contributed by atoms with Crippen molar-refractivity contribution in [3.05, 3.63) is 42.2 Å². The van der Waals surface area contributed by atoms with E-state index < -0.39 is 5.97 Å². The molecule has 2 rings (SSSR count). The van der Waals surface area contributed by atoms with Crippen LogP contribution in [-0.2, 0) is 9.59 Å². The van der Waals surface area contributed by atoms with Gasteiger partial charge in [0.15, 0.2) is 0 Å². The van der Waals surface area contributed by atoms with Crippen molar-refractivity contribution in [1.82, 2.24) is 4.98 Å². The summed E-state index contributed by atoms with van der Waals surface area (Å²) < 4.78 is 0. The number of carboxylic acid groups (broad SMARTS) is 1. The van der Waals surface area contributed by atoms with Gasteiger partial charge >= 0.3 is 5.97 Å². The minimum atomic E-state index is -1.02. The normalized spacial score (nSPS) is 17.3. The summed E-state index contributed by atoms with van der Waals surface area (Å²) in [6.07, 6.45) is 9.65. The van der Waals surface area contributed by atoms with Crippen molar-refractivity contribution < 1.29 is 14.7 Å². The molecule has 6 nitrogen and oxygen atoms in total. The van der Waals surface area contributed by atoms with Gasteiger partial charge < -0.3 is 10.4 Å². The molecule has 102 valence electrons. The first-order valence-electron chi connectivity index (χ1n) is 6.01. The van der Waals surface area contributed by atoms with E-state index in [1.165, 1.54) is 12.3 Å². The lowest BCUT2D eigenvalue weighted by Gasteiger charge is -2.11. The number of pyridine rings is 1. The first-order chi connectivity index (χ1) is 9.65. The predicted molar refractivity (Wildman–Crippen MR) is 75.3 cm³/mol. The fourth-order valence-electron chi connectivity index (χ4n) is 1.62. The van der Waals surface area contributed by atoms with Crippen LogP contribution in [0.5, 0.6) is 0 Å². The monoisotopic (exact) mass is 271 g/mol. The predicted octanol–water partition coefficient (Wildman–Crippen LogP) is 1.72. The van der Waals surface area contributed by atoms with Gasteiger partial charge in [0.1, 0.15) is 5.82 Å². The third kappa shape index (κ3) is 3.88. The number of nitrogens with zero attached hydrogens (tertiary/aromatic N) is 2. The van der Waals surface area contributed by atoms with Crippen LogP contribution < -0.4 is 5.32 Å². The lowest BCUT2D eigenvalue weighted by molar-refractivity contribution is -0.131. The third-order valence-electron chi connectivity index (χ3n) is 2.64. The highest BCUT2D eigenvalue weighted by Gasteiger charge is 2.16. The Labute approximate surface area is 115 Å². The Morgan fingerprint density at radius 1 is 1.40 bits per heavy atom. The molecule has 0 radical (unpaired) electrons. The largest absolute Gasteiger partial charge is 0.478 e. The van der Waals surface area contributed by atoms with Crippen LogP contribution in [0, 0.1) is 5.92 Å². The fourth-order valence-corrected chi connectivity index (χ4v) is 1.62. The number of amides is 1. The van der Waals surface area contributed by atoms with Gasteiger partial charge in [0, 0.05) is 24.7 Å². The number of allylic oxidation sites excluding steroid dienone is 1. The number of carbonyl (C=O) groups excluding carboxylic acids is 1. The zero-order chi connectivity index (χ0) is 14.4. The van der Waals surface area contributed by atoms with E-state index in [0.29, 0.717) is 17.8 Å². The number of anilines is 1. The van der Waals surface area contributed by atoms with Gasteiger partial charge in [-0.05, 0) is 30.2 Å². The Bertz CT molecular complexity index is 588. The summed E-state index contributed by atoms with van der Waals surface area (Å²) in [5, 5.41) is 11.2. The van der Waals surface area contributed by atoms with E-state index in [1.807, 2.05) is 6.08 Å². The van der Waals surface area contributed by atoms with Gasteiger partial charge in [-0.3, -0.25) is 9.79 Å². The molecule has 1 unspecified atom stereocenters. The SMILES string of the molecule is O=C(O)/C=C/c1ccc(NC(=O)C2C=NC=CC2)nc1. The first kappa shape index (κ1) is 13.7. The quantitative estimate of drug-likeness (QED) is 0.816. The Morgan fingerprint density at radius 3 is 2.85 bits per heavy atom. The number of aromatic nitrogens is 1. The summed E-state index contributed by atoms with van der Waals surface area (Å²) in [4.78, 5) is 30.3.